The molecule has 20 heavy (non-hydrogen) atoms. The molecular weight excluding hydrogens is 297 g/mol. The number of halogens is 2. The molecule has 7 heteroatoms. The van der Waals surface area contributed by atoms with Crippen molar-refractivity contribution in [2.75, 3.05) is 6.54 Å². The number of hydrogen-bond acceptors (Lipinski definition) is 4. The lowest BCUT2D eigenvalue weighted by molar-refractivity contribution is 0.531. The van der Waals surface area contributed by atoms with E-state index in [9.17, 15) is 0 Å². The van der Waals surface area contributed by atoms with E-state index < -0.39 is 0 Å². The van der Waals surface area contributed by atoms with E-state index in [0.717, 1.165) is 18.5 Å². The van der Waals surface area contributed by atoms with Gasteiger partial charge >= 0.3 is 0 Å². The highest BCUT2D eigenvalue weighted by atomic mass is 35.5. The summed E-state index contributed by atoms with van der Waals surface area (Å²) in [5.41, 5.74) is 1.56. The number of benzene rings is 1. The summed E-state index contributed by atoms with van der Waals surface area (Å²) in [4.78, 5) is 0. The fraction of sp³-hybridized carbons (Fsp3) is 0.462. The Morgan fingerprint density at radius 3 is 2.80 bits per heavy atom. The molecule has 0 saturated carbocycles. The molecule has 0 aliphatic heterocycles. The summed E-state index contributed by atoms with van der Waals surface area (Å²) < 4.78 is 1.60. The summed E-state index contributed by atoms with van der Waals surface area (Å²) in [7, 11) is 0. The zero-order valence-electron chi connectivity index (χ0n) is 11.7. The first-order chi connectivity index (χ1) is 9.56. The lowest BCUT2D eigenvalue weighted by Gasteiger charge is -2.15. The van der Waals surface area contributed by atoms with Crippen molar-refractivity contribution in [1.82, 2.24) is 25.5 Å². The lowest BCUT2D eigenvalue weighted by atomic mass is 10.2. The Hall–Kier alpha value is -1.17. The van der Waals surface area contributed by atoms with Crippen molar-refractivity contribution in [1.29, 1.82) is 0 Å². The Bertz CT molecular complexity index is 596. The number of aromatic nitrogens is 4. The molecule has 0 bridgehead atoms. The Balaban J connectivity index is 2.45. The van der Waals surface area contributed by atoms with E-state index in [1.165, 1.54) is 0 Å². The van der Waals surface area contributed by atoms with Crippen LogP contribution in [0.4, 0.5) is 0 Å². The zero-order chi connectivity index (χ0) is 14.7. The third-order valence-corrected chi connectivity index (χ3v) is 3.84. The summed E-state index contributed by atoms with van der Waals surface area (Å²) in [6, 6.07) is 3.68. The first kappa shape index (κ1) is 15.2. The smallest absolute Gasteiger partial charge is 0.173 e. The zero-order valence-corrected chi connectivity index (χ0v) is 13.2. The minimum Gasteiger partial charge on any atom is -0.307 e. The van der Waals surface area contributed by atoms with Gasteiger partial charge in [-0.05, 0) is 48.9 Å². The summed E-state index contributed by atoms with van der Waals surface area (Å²) in [5, 5.41) is 16.3. The van der Waals surface area contributed by atoms with E-state index in [1.54, 1.807) is 10.7 Å². The molecule has 1 aromatic carbocycles. The van der Waals surface area contributed by atoms with Crippen molar-refractivity contribution in [3.05, 3.63) is 33.6 Å². The Kier molecular flexibility index (Phi) is 4.96. The summed E-state index contributed by atoms with van der Waals surface area (Å²) >= 11 is 12.6. The Morgan fingerprint density at radius 1 is 1.35 bits per heavy atom. The SMILES string of the molecule is CCCNC(C)c1nnnn1-c1c(Cl)ccc(C)c1Cl. The van der Waals surface area contributed by atoms with Gasteiger partial charge in [0, 0.05) is 0 Å². The number of tetrazole rings is 1. The summed E-state index contributed by atoms with van der Waals surface area (Å²) in [5.74, 6) is 0.688. The van der Waals surface area contributed by atoms with E-state index in [0.29, 0.717) is 21.6 Å². The average molecular weight is 314 g/mol. The van der Waals surface area contributed by atoms with Crippen molar-refractivity contribution >= 4 is 23.2 Å². The van der Waals surface area contributed by atoms with Crippen molar-refractivity contribution in [2.45, 2.75) is 33.2 Å². The second-order valence-electron chi connectivity index (χ2n) is 4.65. The highest BCUT2D eigenvalue weighted by molar-refractivity contribution is 6.38. The van der Waals surface area contributed by atoms with E-state index in [2.05, 4.69) is 27.8 Å². The van der Waals surface area contributed by atoms with Crippen LogP contribution in [0.1, 0.15) is 37.7 Å². The molecule has 1 heterocycles. The Labute approximate surface area is 128 Å². The van der Waals surface area contributed by atoms with Gasteiger partial charge in [0.15, 0.2) is 5.82 Å². The van der Waals surface area contributed by atoms with Crippen LogP contribution < -0.4 is 5.32 Å². The van der Waals surface area contributed by atoms with Crippen molar-refractivity contribution in [3.8, 4) is 5.69 Å². The molecule has 0 amide bonds. The molecule has 5 nitrogen and oxygen atoms in total. The number of hydrogen-bond donors (Lipinski definition) is 1. The van der Waals surface area contributed by atoms with Crippen LogP contribution >= 0.6 is 23.2 Å². The van der Waals surface area contributed by atoms with Crippen LogP contribution in [0.5, 0.6) is 0 Å². The van der Waals surface area contributed by atoms with Crippen LogP contribution in [-0.4, -0.2) is 26.8 Å². The molecule has 2 aromatic rings. The van der Waals surface area contributed by atoms with Gasteiger partial charge in [-0.15, -0.1) is 5.10 Å². The number of rotatable bonds is 5. The third-order valence-electron chi connectivity index (χ3n) is 3.05. The molecule has 1 aromatic heterocycles. The third kappa shape index (κ3) is 2.95. The van der Waals surface area contributed by atoms with Gasteiger partial charge in [0.2, 0.25) is 0 Å². The van der Waals surface area contributed by atoms with E-state index >= 15 is 0 Å². The van der Waals surface area contributed by atoms with Gasteiger partial charge in [0.1, 0.15) is 5.69 Å². The Morgan fingerprint density at radius 2 is 2.10 bits per heavy atom. The summed E-state index contributed by atoms with van der Waals surface area (Å²) in [6.45, 7) is 6.93. The fourth-order valence-corrected chi connectivity index (χ4v) is 2.44. The molecule has 0 spiro atoms. The quantitative estimate of drug-likeness (QED) is 0.919. The second kappa shape index (κ2) is 6.52. The minimum atomic E-state index is 0.0117. The van der Waals surface area contributed by atoms with Gasteiger partial charge < -0.3 is 5.32 Å². The van der Waals surface area contributed by atoms with Crippen LogP contribution in [-0.2, 0) is 0 Å². The van der Waals surface area contributed by atoms with Crippen molar-refractivity contribution in [2.24, 2.45) is 0 Å². The maximum Gasteiger partial charge on any atom is 0.173 e. The van der Waals surface area contributed by atoms with E-state index in [-0.39, 0.29) is 6.04 Å². The van der Waals surface area contributed by atoms with Gasteiger partial charge in [-0.1, -0.05) is 36.2 Å². The maximum atomic E-state index is 6.35. The van der Waals surface area contributed by atoms with Gasteiger partial charge in [0.25, 0.3) is 0 Å². The molecule has 0 aliphatic carbocycles. The first-order valence-electron chi connectivity index (χ1n) is 6.52. The molecule has 0 radical (unpaired) electrons. The van der Waals surface area contributed by atoms with Crippen molar-refractivity contribution < 1.29 is 0 Å². The molecule has 1 unspecified atom stereocenters. The van der Waals surface area contributed by atoms with E-state index in [1.807, 2.05) is 19.9 Å². The molecule has 0 fully saturated rings. The number of nitrogens with zero attached hydrogens (tertiary/aromatic N) is 4. The van der Waals surface area contributed by atoms with Crippen LogP contribution in [0.2, 0.25) is 10.0 Å². The molecule has 1 atom stereocenters. The largest absolute Gasteiger partial charge is 0.307 e. The molecule has 0 aliphatic rings. The molecule has 0 saturated heterocycles. The highest BCUT2D eigenvalue weighted by Gasteiger charge is 2.19. The molecule has 2 rings (SSSR count). The molecule has 1 N–H and O–H groups in total. The second-order valence-corrected chi connectivity index (χ2v) is 5.44. The fourth-order valence-electron chi connectivity index (χ4n) is 1.91. The standard InChI is InChI=1S/C13H17Cl2N5/c1-4-7-16-9(3)13-17-18-19-20(13)12-10(14)6-5-8(2)11(12)15/h5-6,9,16H,4,7H2,1-3H3. The van der Waals surface area contributed by atoms with Crippen LogP contribution in [0, 0.1) is 6.92 Å². The van der Waals surface area contributed by atoms with Crippen LogP contribution in [0.25, 0.3) is 5.69 Å². The first-order valence-corrected chi connectivity index (χ1v) is 7.28. The van der Waals surface area contributed by atoms with Crippen LogP contribution in [0.15, 0.2) is 12.1 Å². The van der Waals surface area contributed by atoms with Crippen molar-refractivity contribution in [3.63, 3.8) is 0 Å². The lowest BCUT2D eigenvalue weighted by Crippen LogP contribution is -2.23. The topological polar surface area (TPSA) is 55.6 Å². The van der Waals surface area contributed by atoms with E-state index in [4.69, 9.17) is 23.2 Å². The maximum absolute atomic E-state index is 6.35. The molecular formula is C13H17Cl2N5. The number of aryl methyl sites for hydroxylation is 1. The monoisotopic (exact) mass is 313 g/mol. The normalized spacial score (nSPS) is 12.7. The molecule has 108 valence electrons. The average Bonchev–Trinajstić information content (AvgIpc) is 2.90. The predicted molar refractivity (Wildman–Crippen MR) is 80.6 cm³/mol. The highest BCUT2D eigenvalue weighted by Crippen LogP contribution is 2.31. The van der Waals surface area contributed by atoms with Crippen LogP contribution in [0.3, 0.4) is 0 Å². The van der Waals surface area contributed by atoms with Gasteiger partial charge in [-0.3, -0.25) is 0 Å². The van der Waals surface area contributed by atoms with Gasteiger partial charge in [0.05, 0.1) is 16.1 Å². The summed E-state index contributed by atoms with van der Waals surface area (Å²) in [6.07, 6.45) is 1.04. The van der Waals surface area contributed by atoms with Gasteiger partial charge in [-0.25, -0.2) is 0 Å². The van der Waals surface area contributed by atoms with Gasteiger partial charge in [-0.2, -0.15) is 4.68 Å². The predicted octanol–water partition coefficient (Wildman–Crippen LogP) is 3.34. The minimum absolute atomic E-state index is 0.0117. The number of nitrogens with one attached hydrogen (secondary N) is 1.